The van der Waals surface area contributed by atoms with E-state index in [0.717, 1.165) is 11.3 Å². The second-order valence-corrected chi connectivity index (χ2v) is 5.36. The summed E-state index contributed by atoms with van der Waals surface area (Å²) in [4.78, 5) is 4.36. The van der Waals surface area contributed by atoms with Gasteiger partial charge in [0, 0.05) is 5.56 Å². The molecule has 4 heteroatoms. The van der Waals surface area contributed by atoms with Crippen LogP contribution in [0, 0.1) is 6.92 Å². The Labute approximate surface area is 97.5 Å². The summed E-state index contributed by atoms with van der Waals surface area (Å²) in [5.41, 5.74) is 9.11. The molecule has 0 saturated heterocycles. The zero-order valence-corrected chi connectivity index (χ0v) is 10.3. The highest BCUT2D eigenvalue weighted by molar-refractivity contribution is 8.00. The molecule has 0 atom stereocenters. The highest BCUT2D eigenvalue weighted by Gasteiger charge is 2.10. The molecule has 78 valence electrons. The number of aromatic nitrogens is 1. The molecule has 0 aliphatic carbocycles. The molecular weight excluding hydrogens is 224 g/mol. The maximum absolute atomic E-state index is 5.72. The van der Waals surface area contributed by atoms with Gasteiger partial charge in [-0.3, -0.25) is 0 Å². The largest absolute Gasteiger partial charge is 0.375 e. The third-order valence-corrected chi connectivity index (χ3v) is 4.12. The number of rotatable bonds is 2. The van der Waals surface area contributed by atoms with Crippen LogP contribution in [0.15, 0.2) is 28.5 Å². The van der Waals surface area contributed by atoms with Gasteiger partial charge in [0.1, 0.15) is 0 Å². The normalized spacial score (nSPS) is 10.5. The number of nitrogen functional groups attached to an aromatic ring is 1. The van der Waals surface area contributed by atoms with Gasteiger partial charge in [0.05, 0.1) is 9.90 Å². The lowest BCUT2D eigenvalue weighted by Crippen LogP contribution is -1.83. The maximum atomic E-state index is 5.72. The molecule has 2 aromatic rings. The van der Waals surface area contributed by atoms with Gasteiger partial charge in [0.25, 0.3) is 0 Å². The lowest BCUT2D eigenvalue weighted by Gasteiger charge is -1.99. The van der Waals surface area contributed by atoms with Crippen LogP contribution >= 0.6 is 23.1 Å². The van der Waals surface area contributed by atoms with Crippen LogP contribution in [-0.4, -0.2) is 11.2 Å². The Morgan fingerprint density at radius 2 is 1.93 bits per heavy atom. The zero-order valence-electron chi connectivity index (χ0n) is 8.65. The minimum Gasteiger partial charge on any atom is -0.375 e. The van der Waals surface area contributed by atoms with Crippen molar-refractivity contribution in [2.75, 3.05) is 12.0 Å². The molecule has 0 fully saturated rings. The minimum absolute atomic E-state index is 0.634. The Hall–Kier alpha value is -1.00. The number of hydrogen-bond acceptors (Lipinski definition) is 4. The van der Waals surface area contributed by atoms with Crippen molar-refractivity contribution in [2.45, 2.75) is 11.1 Å². The van der Waals surface area contributed by atoms with Gasteiger partial charge in [0.2, 0.25) is 0 Å². The van der Waals surface area contributed by atoms with Crippen LogP contribution in [-0.2, 0) is 0 Å². The van der Waals surface area contributed by atoms with Crippen LogP contribution < -0.4 is 5.73 Å². The number of anilines is 1. The Balaban J connectivity index is 2.48. The first-order chi connectivity index (χ1) is 7.20. The number of benzene rings is 1. The molecule has 1 aromatic carbocycles. The number of thiazole rings is 1. The van der Waals surface area contributed by atoms with Crippen LogP contribution in [0.2, 0.25) is 0 Å². The molecule has 0 aliphatic rings. The number of thioether (sulfide) groups is 1. The van der Waals surface area contributed by atoms with E-state index in [1.165, 1.54) is 9.77 Å². The van der Waals surface area contributed by atoms with Gasteiger partial charge in [-0.15, -0.1) is 11.8 Å². The van der Waals surface area contributed by atoms with E-state index in [1.807, 2.05) is 6.26 Å². The van der Waals surface area contributed by atoms with E-state index in [2.05, 4.69) is 36.2 Å². The molecule has 0 saturated carbocycles. The molecule has 0 radical (unpaired) electrons. The Morgan fingerprint density at radius 1 is 1.27 bits per heavy atom. The Bertz CT molecular complexity index is 460. The van der Waals surface area contributed by atoms with E-state index >= 15 is 0 Å². The van der Waals surface area contributed by atoms with Crippen molar-refractivity contribution < 1.29 is 0 Å². The van der Waals surface area contributed by atoms with Crippen LogP contribution in [0.3, 0.4) is 0 Å². The fourth-order valence-electron chi connectivity index (χ4n) is 1.35. The predicted molar refractivity (Wildman–Crippen MR) is 68.5 cm³/mol. The van der Waals surface area contributed by atoms with E-state index in [0.29, 0.717) is 5.13 Å². The molecule has 2 nitrogen and oxygen atoms in total. The molecule has 15 heavy (non-hydrogen) atoms. The van der Waals surface area contributed by atoms with Gasteiger partial charge >= 0.3 is 0 Å². The second kappa shape index (κ2) is 4.24. The number of nitrogens with two attached hydrogens (primary N) is 1. The molecular formula is C11H12N2S2. The fourth-order valence-corrected chi connectivity index (χ4v) is 2.89. The number of aryl methyl sites for hydroxylation is 1. The molecule has 1 heterocycles. The third kappa shape index (κ3) is 2.16. The lowest BCUT2D eigenvalue weighted by atomic mass is 10.1. The minimum atomic E-state index is 0.634. The Kier molecular flexibility index (Phi) is 2.98. The van der Waals surface area contributed by atoms with Gasteiger partial charge in [-0.25, -0.2) is 4.98 Å². The molecule has 2 rings (SSSR count). The van der Waals surface area contributed by atoms with Crippen molar-refractivity contribution in [3.8, 4) is 11.3 Å². The molecule has 0 amide bonds. The second-order valence-electron chi connectivity index (χ2n) is 3.26. The van der Waals surface area contributed by atoms with E-state index in [9.17, 15) is 0 Å². The van der Waals surface area contributed by atoms with Gasteiger partial charge in [0.15, 0.2) is 5.13 Å². The van der Waals surface area contributed by atoms with E-state index < -0.39 is 0 Å². The summed E-state index contributed by atoms with van der Waals surface area (Å²) in [7, 11) is 0. The summed E-state index contributed by atoms with van der Waals surface area (Å²) in [6.07, 6.45) is 2.05. The first-order valence-corrected chi connectivity index (χ1v) is 6.62. The van der Waals surface area contributed by atoms with Crippen LogP contribution in [0.5, 0.6) is 0 Å². The third-order valence-electron chi connectivity index (χ3n) is 2.12. The van der Waals surface area contributed by atoms with Crippen molar-refractivity contribution >= 4 is 28.2 Å². The van der Waals surface area contributed by atoms with Crippen molar-refractivity contribution in [3.63, 3.8) is 0 Å². The van der Waals surface area contributed by atoms with Crippen LogP contribution in [0.1, 0.15) is 5.56 Å². The first-order valence-electron chi connectivity index (χ1n) is 4.58. The Morgan fingerprint density at radius 3 is 2.53 bits per heavy atom. The van der Waals surface area contributed by atoms with Crippen molar-refractivity contribution in [1.29, 1.82) is 0 Å². The summed E-state index contributed by atoms with van der Waals surface area (Å²) < 4.78 is 1.18. The van der Waals surface area contributed by atoms with Crippen molar-refractivity contribution in [3.05, 3.63) is 29.8 Å². The smallest absolute Gasteiger partial charge is 0.181 e. The lowest BCUT2D eigenvalue weighted by molar-refractivity contribution is 1.36. The molecule has 0 bridgehead atoms. The first kappa shape index (κ1) is 10.5. The summed E-state index contributed by atoms with van der Waals surface area (Å²) in [5.74, 6) is 0. The maximum Gasteiger partial charge on any atom is 0.181 e. The average molecular weight is 236 g/mol. The monoisotopic (exact) mass is 236 g/mol. The fraction of sp³-hybridized carbons (Fsp3) is 0.182. The summed E-state index contributed by atoms with van der Waals surface area (Å²) in [6, 6.07) is 8.36. The van der Waals surface area contributed by atoms with Gasteiger partial charge in [-0.05, 0) is 13.2 Å². The van der Waals surface area contributed by atoms with Crippen molar-refractivity contribution in [1.82, 2.24) is 4.98 Å². The van der Waals surface area contributed by atoms with E-state index in [-0.39, 0.29) is 0 Å². The molecule has 0 spiro atoms. The van der Waals surface area contributed by atoms with Crippen LogP contribution in [0.25, 0.3) is 11.3 Å². The average Bonchev–Trinajstić information content (AvgIpc) is 2.61. The standard InChI is InChI=1S/C11H12N2S2/c1-7-3-5-8(6-4-7)9-10(14-2)15-11(12)13-9/h3-6H,1-2H3,(H2,12,13). The predicted octanol–water partition coefficient (Wildman–Crippen LogP) is 3.42. The van der Waals surface area contributed by atoms with E-state index in [4.69, 9.17) is 5.73 Å². The van der Waals surface area contributed by atoms with Crippen LogP contribution in [0.4, 0.5) is 5.13 Å². The van der Waals surface area contributed by atoms with Crippen molar-refractivity contribution in [2.24, 2.45) is 0 Å². The molecule has 0 aliphatic heterocycles. The number of hydrogen-bond donors (Lipinski definition) is 1. The van der Waals surface area contributed by atoms with Gasteiger partial charge in [-0.2, -0.15) is 0 Å². The molecule has 1 aromatic heterocycles. The van der Waals surface area contributed by atoms with E-state index in [1.54, 1.807) is 23.1 Å². The van der Waals surface area contributed by atoms with Gasteiger partial charge < -0.3 is 5.73 Å². The summed E-state index contributed by atoms with van der Waals surface area (Å²) in [6.45, 7) is 2.08. The highest BCUT2D eigenvalue weighted by atomic mass is 32.2. The quantitative estimate of drug-likeness (QED) is 0.812. The highest BCUT2D eigenvalue weighted by Crippen LogP contribution is 2.35. The topological polar surface area (TPSA) is 38.9 Å². The molecule has 0 unspecified atom stereocenters. The number of nitrogens with zero attached hydrogens (tertiary/aromatic N) is 1. The summed E-state index contributed by atoms with van der Waals surface area (Å²) in [5, 5.41) is 0.634. The zero-order chi connectivity index (χ0) is 10.8. The van der Waals surface area contributed by atoms with Gasteiger partial charge in [-0.1, -0.05) is 41.2 Å². The molecule has 2 N–H and O–H groups in total. The summed E-state index contributed by atoms with van der Waals surface area (Å²) >= 11 is 3.23. The SMILES string of the molecule is CSc1sc(N)nc1-c1ccc(C)cc1.